The fraction of sp³-hybridized carbons (Fsp3) is 0.500. The van der Waals surface area contributed by atoms with Crippen LogP contribution in [-0.4, -0.2) is 34.8 Å². The minimum atomic E-state index is 0.548. The van der Waals surface area contributed by atoms with E-state index >= 15 is 0 Å². The molecule has 1 N–H and O–H groups in total. The van der Waals surface area contributed by atoms with Crippen LogP contribution in [0.25, 0.3) is 0 Å². The quantitative estimate of drug-likeness (QED) is 0.915. The van der Waals surface area contributed by atoms with E-state index < -0.39 is 0 Å². The van der Waals surface area contributed by atoms with Crippen molar-refractivity contribution in [2.45, 2.75) is 38.5 Å². The van der Waals surface area contributed by atoms with Crippen LogP contribution in [0.5, 0.6) is 0 Å². The highest BCUT2D eigenvalue weighted by molar-refractivity contribution is 5.55. The molecule has 2 aromatic rings. The first-order valence-electron chi connectivity index (χ1n) is 9.57. The van der Waals surface area contributed by atoms with Gasteiger partial charge in [0.15, 0.2) is 5.82 Å². The van der Waals surface area contributed by atoms with Gasteiger partial charge in [-0.3, -0.25) is 0 Å². The molecule has 6 heteroatoms. The summed E-state index contributed by atoms with van der Waals surface area (Å²) in [5.74, 6) is 2.31. The summed E-state index contributed by atoms with van der Waals surface area (Å²) in [6.07, 6.45) is 6.65. The standard InChI is InChI=1S/C20H22N6/c21-9-16-7-14-3-1-5-17(14)23-20(16)22-10-13-11-26(12-13)19-8-15-4-2-6-18(15)24-25-19/h7-8,13H,1-6,10-12H2,(H,22,23). The Hall–Kier alpha value is -2.68. The molecule has 0 atom stereocenters. The predicted molar refractivity (Wildman–Crippen MR) is 99.2 cm³/mol. The fourth-order valence-electron chi connectivity index (χ4n) is 4.29. The maximum Gasteiger partial charge on any atom is 0.151 e. The molecule has 5 rings (SSSR count). The zero-order valence-electron chi connectivity index (χ0n) is 14.8. The second kappa shape index (κ2) is 6.24. The van der Waals surface area contributed by atoms with Gasteiger partial charge < -0.3 is 10.2 Å². The first kappa shape index (κ1) is 15.6. The number of pyridine rings is 1. The van der Waals surface area contributed by atoms with E-state index in [0.29, 0.717) is 11.5 Å². The number of anilines is 2. The maximum atomic E-state index is 9.40. The Morgan fingerprint density at radius 2 is 1.81 bits per heavy atom. The van der Waals surface area contributed by atoms with E-state index in [-0.39, 0.29) is 0 Å². The SMILES string of the molecule is N#Cc1cc2c(nc1NCC1CN(c3cc4c(nn3)CCC4)C1)CCC2. The van der Waals surface area contributed by atoms with E-state index in [2.05, 4.69) is 32.5 Å². The summed E-state index contributed by atoms with van der Waals surface area (Å²) in [7, 11) is 0. The van der Waals surface area contributed by atoms with E-state index in [4.69, 9.17) is 4.98 Å². The normalized spacial score (nSPS) is 18.2. The van der Waals surface area contributed by atoms with Crippen molar-refractivity contribution in [2.75, 3.05) is 29.9 Å². The molecule has 3 heterocycles. The predicted octanol–water partition coefficient (Wildman–Crippen LogP) is 2.27. The van der Waals surface area contributed by atoms with Gasteiger partial charge in [0.05, 0.1) is 11.3 Å². The van der Waals surface area contributed by atoms with Crippen LogP contribution in [0.2, 0.25) is 0 Å². The van der Waals surface area contributed by atoms with Crippen molar-refractivity contribution in [3.05, 3.63) is 40.2 Å². The average Bonchev–Trinajstić information content (AvgIpc) is 3.27. The van der Waals surface area contributed by atoms with E-state index in [0.717, 1.165) is 69.1 Å². The van der Waals surface area contributed by atoms with Crippen LogP contribution in [0.4, 0.5) is 11.6 Å². The number of hydrogen-bond acceptors (Lipinski definition) is 6. The van der Waals surface area contributed by atoms with Crippen LogP contribution in [0.1, 0.15) is 40.9 Å². The molecule has 0 saturated carbocycles. The molecule has 0 unspecified atom stereocenters. The monoisotopic (exact) mass is 346 g/mol. The molecule has 6 nitrogen and oxygen atoms in total. The number of aryl methyl sites for hydroxylation is 4. The Labute approximate surface area is 153 Å². The molecule has 0 bridgehead atoms. The number of hydrogen-bond donors (Lipinski definition) is 1. The van der Waals surface area contributed by atoms with Gasteiger partial charge in [-0.1, -0.05) is 0 Å². The van der Waals surface area contributed by atoms with Crippen molar-refractivity contribution in [1.29, 1.82) is 5.26 Å². The van der Waals surface area contributed by atoms with Gasteiger partial charge in [0, 0.05) is 31.2 Å². The smallest absolute Gasteiger partial charge is 0.151 e. The van der Waals surface area contributed by atoms with E-state index in [1.165, 1.54) is 23.2 Å². The number of nitriles is 1. The van der Waals surface area contributed by atoms with Crippen LogP contribution >= 0.6 is 0 Å². The third kappa shape index (κ3) is 2.68. The van der Waals surface area contributed by atoms with Gasteiger partial charge in [0.25, 0.3) is 0 Å². The molecule has 0 aromatic carbocycles. The zero-order valence-corrected chi connectivity index (χ0v) is 14.8. The van der Waals surface area contributed by atoms with E-state index in [1.54, 1.807) is 0 Å². The van der Waals surface area contributed by atoms with Crippen molar-refractivity contribution in [3.8, 4) is 6.07 Å². The van der Waals surface area contributed by atoms with Crippen LogP contribution < -0.4 is 10.2 Å². The molecule has 0 spiro atoms. The first-order valence-corrected chi connectivity index (χ1v) is 9.57. The third-order valence-corrected chi connectivity index (χ3v) is 5.82. The highest BCUT2D eigenvalue weighted by atomic mass is 15.3. The number of aromatic nitrogens is 3. The molecule has 1 saturated heterocycles. The molecule has 2 aromatic heterocycles. The van der Waals surface area contributed by atoms with Gasteiger partial charge in [0.2, 0.25) is 0 Å². The molecule has 0 radical (unpaired) electrons. The Kier molecular flexibility index (Phi) is 3.74. The molecule has 3 aliphatic rings. The second-order valence-electron chi connectivity index (χ2n) is 7.64. The second-order valence-corrected chi connectivity index (χ2v) is 7.64. The highest BCUT2D eigenvalue weighted by Crippen LogP contribution is 2.28. The van der Waals surface area contributed by atoms with Crippen molar-refractivity contribution < 1.29 is 0 Å². The van der Waals surface area contributed by atoms with Crippen LogP contribution in [0.3, 0.4) is 0 Å². The molecular formula is C20H22N6. The van der Waals surface area contributed by atoms with E-state index in [9.17, 15) is 5.26 Å². The Bertz CT molecular complexity index is 894. The highest BCUT2D eigenvalue weighted by Gasteiger charge is 2.29. The molecule has 26 heavy (non-hydrogen) atoms. The van der Waals surface area contributed by atoms with Crippen LogP contribution in [0.15, 0.2) is 12.1 Å². The number of fused-ring (bicyclic) bond motifs is 2. The summed E-state index contributed by atoms with van der Waals surface area (Å²) in [4.78, 5) is 6.99. The summed E-state index contributed by atoms with van der Waals surface area (Å²) in [5.41, 5.74) is 5.63. The van der Waals surface area contributed by atoms with Crippen molar-refractivity contribution in [2.24, 2.45) is 5.92 Å². The minimum Gasteiger partial charge on any atom is -0.369 e. The lowest BCUT2D eigenvalue weighted by Crippen LogP contribution is -2.50. The summed E-state index contributed by atoms with van der Waals surface area (Å²) in [5, 5.41) is 21.6. The molecular weight excluding hydrogens is 324 g/mol. The lowest BCUT2D eigenvalue weighted by Gasteiger charge is -2.40. The molecule has 0 amide bonds. The van der Waals surface area contributed by atoms with Gasteiger partial charge in [-0.2, -0.15) is 10.4 Å². The van der Waals surface area contributed by atoms with Gasteiger partial charge in [-0.15, -0.1) is 5.10 Å². The third-order valence-electron chi connectivity index (χ3n) is 5.82. The largest absolute Gasteiger partial charge is 0.369 e. The minimum absolute atomic E-state index is 0.548. The van der Waals surface area contributed by atoms with Crippen LogP contribution in [0, 0.1) is 17.2 Å². The number of nitrogens with zero attached hydrogens (tertiary/aromatic N) is 5. The Morgan fingerprint density at radius 1 is 1.04 bits per heavy atom. The summed E-state index contributed by atoms with van der Waals surface area (Å²) < 4.78 is 0. The fourth-order valence-corrected chi connectivity index (χ4v) is 4.29. The van der Waals surface area contributed by atoms with Gasteiger partial charge in [-0.25, -0.2) is 4.98 Å². The Balaban J connectivity index is 1.20. The maximum absolute atomic E-state index is 9.40. The topological polar surface area (TPSA) is 77.7 Å². The van der Waals surface area contributed by atoms with Gasteiger partial charge in [0.1, 0.15) is 11.9 Å². The van der Waals surface area contributed by atoms with Gasteiger partial charge in [-0.05, 0) is 61.8 Å². The summed E-state index contributed by atoms with van der Waals surface area (Å²) >= 11 is 0. The summed E-state index contributed by atoms with van der Waals surface area (Å²) in [6.45, 7) is 2.80. The van der Waals surface area contributed by atoms with Crippen LogP contribution in [-0.2, 0) is 25.7 Å². The lowest BCUT2D eigenvalue weighted by molar-refractivity contribution is 0.425. The van der Waals surface area contributed by atoms with Crippen molar-refractivity contribution >= 4 is 11.6 Å². The average molecular weight is 346 g/mol. The van der Waals surface area contributed by atoms with Crippen molar-refractivity contribution in [1.82, 2.24) is 15.2 Å². The summed E-state index contributed by atoms with van der Waals surface area (Å²) in [6, 6.07) is 6.53. The number of nitrogens with one attached hydrogen (secondary N) is 1. The molecule has 132 valence electrons. The Morgan fingerprint density at radius 3 is 2.62 bits per heavy atom. The van der Waals surface area contributed by atoms with E-state index in [1.807, 2.05) is 6.07 Å². The molecule has 1 fully saturated rings. The molecule has 1 aliphatic heterocycles. The molecule has 2 aliphatic carbocycles. The van der Waals surface area contributed by atoms with Gasteiger partial charge >= 0.3 is 0 Å². The first-order chi connectivity index (χ1) is 12.8. The lowest BCUT2D eigenvalue weighted by atomic mass is 10.00. The van der Waals surface area contributed by atoms with Crippen molar-refractivity contribution in [3.63, 3.8) is 0 Å². The zero-order chi connectivity index (χ0) is 17.5. The number of rotatable bonds is 4.